The molecule has 0 fully saturated rings. The van der Waals surface area contributed by atoms with Gasteiger partial charge in [0.2, 0.25) is 5.91 Å². The molecule has 3 aromatic rings. The molecule has 1 aliphatic carbocycles. The molecule has 1 N–H and O–H groups in total. The highest BCUT2D eigenvalue weighted by Gasteiger charge is 2.21. The van der Waals surface area contributed by atoms with Gasteiger partial charge in [0.05, 0.1) is 11.8 Å². The number of aromatic nitrogens is 3. The Morgan fingerprint density at radius 3 is 2.65 bits per heavy atom. The van der Waals surface area contributed by atoms with Crippen LogP contribution in [0.1, 0.15) is 36.3 Å². The van der Waals surface area contributed by atoms with E-state index < -0.39 is 0 Å². The van der Waals surface area contributed by atoms with Crippen molar-refractivity contribution in [3.05, 3.63) is 65.2 Å². The number of thioether (sulfide) groups is 1. The normalized spacial score (nSPS) is 14.0. The van der Waals surface area contributed by atoms with Gasteiger partial charge in [-0.1, -0.05) is 17.8 Å². The molecule has 0 bridgehead atoms. The van der Waals surface area contributed by atoms with Crippen molar-refractivity contribution in [2.45, 2.75) is 37.4 Å². The van der Waals surface area contributed by atoms with Crippen LogP contribution in [0, 0.1) is 5.82 Å². The molecule has 1 amide bonds. The fourth-order valence-corrected chi connectivity index (χ4v) is 4.44. The van der Waals surface area contributed by atoms with Gasteiger partial charge in [-0.15, -0.1) is 10.2 Å². The highest BCUT2D eigenvalue weighted by molar-refractivity contribution is 7.99. The molecule has 2 aromatic carbocycles. The molecule has 1 aromatic heterocycles. The van der Waals surface area contributed by atoms with Gasteiger partial charge in [0.1, 0.15) is 5.82 Å². The van der Waals surface area contributed by atoms with Crippen molar-refractivity contribution in [1.29, 1.82) is 0 Å². The van der Waals surface area contributed by atoms with Crippen LogP contribution in [-0.4, -0.2) is 45.4 Å². The molecule has 1 heterocycles. The van der Waals surface area contributed by atoms with Crippen molar-refractivity contribution < 1.29 is 9.18 Å². The van der Waals surface area contributed by atoms with Gasteiger partial charge in [-0.25, -0.2) is 4.39 Å². The molecule has 1 atom stereocenters. The van der Waals surface area contributed by atoms with Crippen LogP contribution in [0.15, 0.2) is 47.6 Å². The van der Waals surface area contributed by atoms with Gasteiger partial charge in [0, 0.05) is 11.4 Å². The first-order chi connectivity index (χ1) is 14.9. The van der Waals surface area contributed by atoms with Crippen LogP contribution < -0.4 is 5.32 Å². The number of aryl methyl sites for hydroxylation is 2. The molecular formula is C23H26FN5OS. The van der Waals surface area contributed by atoms with E-state index in [0.29, 0.717) is 5.16 Å². The van der Waals surface area contributed by atoms with E-state index in [1.54, 1.807) is 12.1 Å². The summed E-state index contributed by atoms with van der Waals surface area (Å²) in [4.78, 5) is 14.6. The zero-order valence-electron chi connectivity index (χ0n) is 17.9. The Kier molecular flexibility index (Phi) is 6.38. The fraction of sp³-hybridized carbons (Fsp3) is 0.348. The minimum Gasteiger partial charge on any atom is -0.325 e. The number of anilines is 1. The van der Waals surface area contributed by atoms with Crippen LogP contribution in [0.4, 0.5) is 10.1 Å². The van der Waals surface area contributed by atoms with Crippen LogP contribution >= 0.6 is 11.8 Å². The number of hydrogen-bond donors (Lipinski definition) is 1. The van der Waals surface area contributed by atoms with Gasteiger partial charge in [-0.3, -0.25) is 14.3 Å². The summed E-state index contributed by atoms with van der Waals surface area (Å²) >= 11 is 1.31. The zero-order valence-corrected chi connectivity index (χ0v) is 18.7. The summed E-state index contributed by atoms with van der Waals surface area (Å²) in [7, 11) is 3.93. The number of benzene rings is 2. The average molecular weight is 440 g/mol. The van der Waals surface area contributed by atoms with Gasteiger partial charge in [0.25, 0.3) is 0 Å². The Balaban J connectivity index is 1.51. The van der Waals surface area contributed by atoms with Gasteiger partial charge >= 0.3 is 0 Å². The zero-order chi connectivity index (χ0) is 22.0. The summed E-state index contributed by atoms with van der Waals surface area (Å²) < 4.78 is 15.3. The van der Waals surface area contributed by atoms with Crippen molar-refractivity contribution in [3.63, 3.8) is 0 Å². The predicted molar refractivity (Wildman–Crippen MR) is 121 cm³/mol. The summed E-state index contributed by atoms with van der Waals surface area (Å²) in [5, 5.41) is 12.3. The third-order valence-electron chi connectivity index (χ3n) is 5.61. The summed E-state index contributed by atoms with van der Waals surface area (Å²) in [5.74, 6) is 0.533. The van der Waals surface area contributed by atoms with Crippen LogP contribution in [0.2, 0.25) is 0 Å². The minimum atomic E-state index is -0.304. The second-order valence-electron chi connectivity index (χ2n) is 7.97. The van der Waals surface area contributed by atoms with Gasteiger partial charge in [-0.2, -0.15) is 0 Å². The Hall–Kier alpha value is -2.71. The maximum atomic E-state index is 13.5. The molecule has 162 valence electrons. The first-order valence-corrected chi connectivity index (χ1v) is 11.3. The molecule has 8 heteroatoms. The Morgan fingerprint density at radius 2 is 1.90 bits per heavy atom. The second-order valence-corrected chi connectivity index (χ2v) is 8.91. The second kappa shape index (κ2) is 9.20. The monoisotopic (exact) mass is 439 g/mol. The van der Waals surface area contributed by atoms with E-state index in [1.165, 1.54) is 41.4 Å². The SMILES string of the molecule is CC(c1nnc(SCC(=O)Nc2ccc3c(c2)CCC3)n1-c1ccc(F)cc1)N(C)C. The molecule has 0 saturated heterocycles. The first-order valence-electron chi connectivity index (χ1n) is 10.3. The smallest absolute Gasteiger partial charge is 0.234 e. The fourth-order valence-electron chi connectivity index (χ4n) is 3.69. The van der Waals surface area contributed by atoms with E-state index >= 15 is 0 Å². The number of nitrogens with zero attached hydrogens (tertiary/aromatic N) is 4. The van der Waals surface area contributed by atoms with Gasteiger partial charge < -0.3 is 5.32 Å². The van der Waals surface area contributed by atoms with E-state index in [1.807, 2.05) is 36.6 Å². The van der Waals surface area contributed by atoms with Crippen molar-refractivity contribution in [1.82, 2.24) is 19.7 Å². The molecule has 0 saturated carbocycles. The minimum absolute atomic E-state index is 0.00727. The topological polar surface area (TPSA) is 63.1 Å². The maximum absolute atomic E-state index is 13.5. The highest BCUT2D eigenvalue weighted by Crippen LogP contribution is 2.28. The highest BCUT2D eigenvalue weighted by atomic mass is 32.2. The Morgan fingerprint density at radius 1 is 1.16 bits per heavy atom. The summed E-state index contributed by atoms with van der Waals surface area (Å²) in [5.41, 5.74) is 4.29. The number of fused-ring (bicyclic) bond motifs is 1. The first kappa shape index (κ1) is 21.5. The Bertz CT molecular complexity index is 1080. The van der Waals surface area contributed by atoms with Crippen LogP contribution in [0.3, 0.4) is 0 Å². The number of carbonyl (C=O) groups is 1. The Labute approximate surface area is 185 Å². The number of halogens is 1. The molecule has 0 radical (unpaired) electrons. The van der Waals surface area contributed by atoms with E-state index in [4.69, 9.17) is 0 Å². The van der Waals surface area contributed by atoms with Gasteiger partial charge in [-0.05, 0) is 87.8 Å². The van der Waals surface area contributed by atoms with E-state index in [0.717, 1.165) is 30.0 Å². The largest absolute Gasteiger partial charge is 0.325 e. The molecule has 31 heavy (non-hydrogen) atoms. The quantitative estimate of drug-likeness (QED) is 0.558. The molecular weight excluding hydrogens is 413 g/mol. The maximum Gasteiger partial charge on any atom is 0.234 e. The lowest BCUT2D eigenvalue weighted by Crippen LogP contribution is -2.21. The van der Waals surface area contributed by atoms with Crippen molar-refractivity contribution in [2.75, 3.05) is 25.2 Å². The van der Waals surface area contributed by atoms with Crippen molar-refractivity contribution in [3.8, 4) is 5.69 Å². The molecule has 1 unspecified atom stereocenters. The van der Waals surface area contributed by atoms with Crippen molar-refractivity contribution >= 4 is 23.4 Å². The summed E-state index contributed by atoms with van der Waals surface area (Å²) in [6.07, 6.45) is 3.36. The van der Waals surface area contributed by atoms with E-state index in [2.05, 4.69) is 27.6 Å². The number of nitrogens with one attached hydrogen (secondary N) is 1. The number of carbonyl (C=O) groups excluding carboxylic acids is 1. The van der Waals surface area contributed by atoms with E-state index in [9.17, 15) is 9.18 Å². The van der Waals surface area contributed by atoms with E-state index in [-0.39, 0.29) is 23.5 Å². The molecule has 0 spiro atoms. The number of rotatable bonds is 7. The lowest BCUT2D eigenvalue weighted by atomic mass is 10.1. The lowest BCUT2D eigenvalue weighted by molar-refractivity contribution is -0.113. The van der Waals surface area contributed by atoms with Crippen LogP contribution in [-0.2, 0) is 17.6 Å². The summed E-state index contributed by atoms with van der Waals surface area (Å²) in [6.45, 7) is 2.03. The lowest BCUT2D eigenvalue weighted by Gasteiger charge is -2.20. The third-order valence-corrected chi connectivity index (χ3v) is 6.54. The predicted octanol–water partition coefficient (Wildman–Crippen LogP) is 4.25. The third kappa shape index (κ3) is 4.80. The number of amides is 1. The molecule has 1 aliphatic rings. The molecule has 0 aliphatic heterocycles. The average Bonchev–Trinajstić information content (AvgIpc) is 3.38. The molecule has 4 rings (SSSR count). The summed E-state index contributed by atoms with van der Waals surface area (Å²) in [6, 6.07) is 12.3. The number of hydrogen-bond acceptors (Lipinski definition) is 5. The molecule has 6 nitrogen and oxygen atoms in total. The van der Waals surface area contributed by atoms with Gasteiger partial charge in [0.15, 0.2) is 11.0 Å². The van der Waals surface area contributed by atoms with Crippen LogP contribution in [0.5, 0.6) is 0 Å². The van der Waals surface area contributed by atoms with Crippen LogP contribution in [0.25, 0.3) is 5.69 Å². The standard InChI is InChI=1S/C23H26FN5OS/c1-15(28(2)3)22-26-27-23(29(22)20-11-8-18(24)9-12-20)31-14-21(30)25-19-10-7-16-5-4-6-17(16)13-19/h7-13,15H,4-6,14H2,1-3H3,(H,25,30). The van der Waals surface area contributed by atoms with Crippen molar-refractivity contribution in [2.24, 2.45) is 0 Å².